The van der Waals surface area contributed by atoms with Crippen LogP contribution in [-0.4, -0.2) is 43.1 Å². The van der Waals surface area contributed by atoms with Crippen molar-refractivity contribution in [1.29, 1.82) is 0 Å². The molecule has 7 heteroatoms. The zero-order chi connectivity index (χ0) is 22.7. The highest BCUT2D eigenvalue weighted by molar-refractivity contribution is 5.76. The lowest BCUT2D eigenvalue weighted by Crippen LogP contribution is -2.32. The molecule has 4 rings (SSSR count). The Bertz CT molecular complexity index is 945. The van der Waals surface area contributed by atoms with Crippen LogP contribution in [0.25, 0.3) is 0 Å². The number of Topliss-reactive ketones (excluding diaryl/α,β-unsaturated/α-hetero) is 1. The first-order valence-electron chi connectivity index (χ1n) is 11.5. The molecule has 1 aromatic carbocycles. The Balaban J connectivity index is 1.41. The number of rotatable bonds is 7. The molecule has 2 fully saturated rings. The zero-order valence-electron chi connectivity index (χ0n) is 18.8. The lowest BCUT2D eigenvalue weighted by molar-refractivity contribution is -0.117. The molecular formula is C25H31F2N3O2. The van der Waals surface area contributed by atoms with Crippen molar-refractivity contribution >= 4 is 17.4 Å². The van der Waals surface area contributed by atoms with Gasteiger partial charge in [0.25, 0.3) is 0 Å². The van der Waals surface area contributed by atoms with E-state index in [1.807, 2.05) is 41.0 Å². The number of pyridine rings is 1. The fourth-order valence-corrected chi connectivity index (χ4v) is 4.63. The Labute approximate surface area is 188 Å². The number of nitrogens with zero attached hydrogens (tertiary/aromatic N) is 3. The van der Waals surface area contributed by atoms with Gasteiger partial charge in [0.2, 0.25) is 0 Å². The van der Waals surface area contributed by atoms with E-state index in [2.05, 4.69) is 4.98 Å². The minimum absolute atomic E-state index is 0.0971. The van der Waals surface area contributed by atoms with Crippen molar-refractivity contribution in [2.45, 2.75) is 58.0 Å². The maximum atomic E-state index is 14.6. The van der Waals surface area contributed by atoms with Gasteiger partial charge in [-0.05, 0) is 49.8 Å². The second-order valence-corrected chi connectivity index (χ2v) is 9.00. The molecule has 0 saturated carbocycles. The van der Waals surface area contributed by atoms with Crippen molar-refractivity contribution in [3.63, 3.8) is 0 Å². The van der Waals surface area contributed by atoms with Crippen LogP contribution in [0.3, 0.4) is 0 Å². The number of anilines is 2. The predicted octanol–water partition coefficient (Wildman–Crippen LogP) is 5.09. The maximum absolute atomic E-state index is 14.6. The molecular weight excluding hydrogens is 412 g/mol. The van der Waals surface area contributed by atoms with Crippen LogP contribution in [0.4, 0.5) is 20.4 Å². The third-order valence-corrected chi connectivity index (χ3v) is 6.34. The number of piperidine rings is 1. The summed E-state index contributed by atoms with van der Waals surface area (Å²) in [5.74, 6) is 0.315. The fraction of sp³-hybridized carbons (Fsp3) is 0.520. The van der Waals surface area contributed by atoms with E-state index in [4.69, 9.17) is 4.74 Å². The van der Waals surface area contributed by atoms with Crippen molar-refractivity contribution in [2.24, 2.45) is 0 Å². The summed E-state index contributed by atoms with van der Waals surface area (Å²) in [5.41, 5.74) is 1.10. The molecule has 0 N–H and O–H groups in total. The van der Waals surface area contributed by atoms with Gasteiger partial charge in [-0.3, -0.25) is 0 Å². The summed E-state index contributed by atoms with van der Waals surface area (Å²) < 4.78 is 35.1. The number of hydrogen-bond donors (Lipinski definition) is 0. The average Bonchev–Trinajstić information content (AvgIpc) is 3.22. The van der Waals surface area contributed by atoms with E-state index in [0.29, 0.717) is 19.5 Å². The quantitative estimate of drug-likeness (QED) is 0.597. The first kappa shape index (κ1) is 22.5. The minimum Gasteiger partial charge on any atom is -0.489 e. The summed E-state index contributed by atoms with van der Waals surface area (Å²) >= 11 is 0. The van der Waals surface area contributed by atoms with Crippen LogP contribution in [0, 0.1) is 11.6 Å². The summed E-state index contributed by atoms with van der Waals surface area (Å²) in [6, 6.07) is 8.77. The highest BCUT2D eigenvalue weighted by Crippen LogP contribution is 2.30. The fourth-order valence-electron chi connectivity index (χ4n) is 4.63. The summed E-state index contributed by atoms with van der Waals surface area (Å²) in [5, 5.41) is 0. The molecule has 0 aliphatic carbocycles. The molecule has 0 unspecified atom stereocenters. The van der Waals surface area contributed by atoms with Crippen LogP contribution in [0.1, 0.15) is 57.4 Å². The lowest BCUT2D eigenvalue weighted by atomic mass is 9.96. The Kier molecular flexibility index (Phi) is 6.92. The van der Waals surface area contributed by atoms with Crippen LogP contribution in [0.5, 0.6) is 5.75 Å². The number of carbonyl (C=O) groups is 1. The highest BCUT2D eigenvalue weighted by Gasteiger charge is 2.29. The molecule has 2 saturated heterocycles. The standard InChI is InChI=1S/C25H31F2N3O2/c1-17(14-18(2)31)19-6-8-20(9-7-19)32-21-10-13-30(16-21)25-23(27)15-22(26)24(28-25)29-11-4-3-5-12-29/h6-9,15,17,21H,3-5,10-14,16H2,1-2H3/t17-,21-/m1/s1. The molecule has 1 aromatic heterocycles. The molecule has 0 bridgehead atoms. The summed E-state index contributed by atoms with van der Waals surface area (Å²) in [6.45, 7) is 6.25. The number of hydrogen-bond acceptors (Lipinski definition) is 5. The first-order valence-corrected chi connectivity index (χ1v) is 11.5. The van der Waals surface area contributed by atoms with Crippen molar-refractivity contribution in [3.05, 3.63) is 47.5 Å². The van der Waals surface area contributed by atoms with Gasteiger partial charge in [0, 0.05) is 38.5 Å². The predicted molar refractivity (Wildman–Crippen MR) is 122 cm³/mol. The van der Waals surface area contributed by atoms with Gasteiger partial charge >= 0.3 is 0 Å². The van der Waals surface area contributed by atoms with E-state index in [-0.39, 0.29) is 29.4 Å². The Morgan fingerprint density at radius 2 is 1.72 bits per heavy atom. The van der Waals surface area contributed by atoms with Gasteiger partial charge in [-0.25, -0.2) is 13.8 Å². The Morgan fingerprint density at radius 1 is 1.06 bits per heavy atom. The van der Waals surface area contributed by atoms with E-state index in [1.165, 1.54) is 0 Å². The number of benzene rings is 1. The average molecular weight is 444 g/mol. The maximum Gasteiger partial charge on any atom is 0.168 e. The number of ketones is 1. The molecule has 0 spiro atoms. The van der Waals surface area contributed by atoms with Gasteiger partial charge < -0.3 is 19.3 Å². The normalized spacial score (nSPS) is 19.8. The van der Waals surface area contributed by atoms with Crippen molar-refractivity contribution in [3.8, 4) is 5.75 Å². The van der Waals surface area contributed by atoms with E-state index in [0.717, 1.165) is 56.2 Å². The molecule has 2 aromatic rings. The van der Waals surface area contributed by atoms with Crippen molar-refractivity contribution in [2.75, 3.05) is 36.0 Å². The number of carbonyl (C=O) groups excluding carboxylic acids is 1. The molecule has 2 atom stereocenters. The molecule has 2 aliphatic heterocycles. The topological polar surface area (TPSA) is 45.7 Å². The van der Waals surface area contributed by atoms with Gasteiger partial charge in [-0.2, -0.15) is 0 Å². The second kappa shape index (κ2) is 9.84. The van der Waals surface area contributed by atoms with E-state index >= 15 is 0 Å². The van der Waals surface area contributed by atoms with Crippen LogP contribution in [0.2, 0.25) is 0 Å². The largest absolute Gasteiger partial charge is 0.489 e. The van der Waals surface area contributed by atoms with Gasteiger partial charge in [0.1, 0.15) is 17.6 Å². The van der Waals surface area contributed by atoms with E-state index < -0.39 is 11.6 Å². The van der Waals surface area contributed by atoms with E-state index in [9.17, 15) is 13.6 Å². The molecule has 172 valence electrons. The summed E-state index contributed by atoms with van der Waals surface area (Å²) in [7, 11) is 0. The SMILES string of the molecule is CC(=O)C[C@@H](C)c1ccc(O[C@@H]2CCN(c3nc(N4CCCCC4)c(F)cc3F)C2)cc1. The molecule has 3 heterocycles. The van der Waals surface area contributed by atoms with Crippen LogP contribution in [-0.2, 0) is 4.79 Å². The van der Waals surface area contributed by atoms with Crippen LogP contribution >= 0.6 is 0 Å². The van der Waals surface area contributed by atoms with Gasteiger partial charge in [0.15, 0.2) is 23.3 Å². The van der Waals surface area contributed by atoms with Crippen molar-refractivity contribution in [1.82, 2.24) is 4.98 Å². The Morgan fingerprint density at radius 3 is 2.38 bits per heavy atom. The zero-order valence-corrected chi connectivity index (χ0v) is 18.8. The monoisotopic (exact) mass is 443 g/mol. The molecule has 5 nitrogen and oxygen atoms in total. The highest BCUT2D eigenvalue weighted by atomic mass is 19.1. The second-order valence-electron chi connectivity index (χ2n) is 9.00. The van der Waals surface area contributed by atoms with Crippen molar-refractivity contribution < 1.29 is 18.3 Å². The number of halogens is 2. The molecule has 2 aliphatic rings. The Hall–Kier alpha value is -2.70. The van der Waals surface area contributed by atoms with Crippen LogP contribution < -0.4 is 14.5 Å². The third kappa shape index (κ3) is 5.19. The molecule has 32 heavy (non-hydrogen) atoms. The molecule has 0 amide bonds. The van der Waals surface area contributed by atoms with E-state index in [1.54, 1.807) is 6.92 Å². The number of aromatic nitrogens is 1. The van der Waals surface area contributed by atoms with Gasteiger partial charge in [-0.1, -0.05) is 19.1 Å². The third-order valence-electron chi connectivity index (χ3n) is 6.34. The first-order chi connectivity index (χ1) is 15.4. The molecule has 0 radical (unpaired) electrons. The van der Waals surface area contributed by atoms with Crippen LogP contribution in [0.15, 0.2) is 30.3 Å². The lowest BCUT2D eigenvalue weighted by Gasteiger charge is -2.29. The summed E-state index contributed by atoms with van der Waals surface area (Å²) in [6.07, 6.45) is 4.29. The smallest absolute Gasteiger partial charge is 0.168 e. The minimum atomic E-state index is -0.632. The van der Waals surface area contributed by atoms with Gasteiger partial charge in [-0.15, -0.1) is 0 Å². The van der Waals surface area contributed by atoms with Gasteiger partial charge in [0.05, 0.1) is 6.54 Å². The summed E-state index contributed by atoms with van der Waals surface area (Å²) in [4.78, 5) is 19.5. The number of ether oxygens (including phenoxy) is 1.